The maximum Gasteiger partial charge on any atom is 0.240 e. The van der Waals surface area contributed by atoms with Gasteiger partial charge in [-0.25, -0.2) is 4.90 Å². The van der Waals surface area contributed by atoms with Crippen LogP contribution in [0.25, 0.3) is 10.8 Å². The van der Waals surface area contributed by atoms with Crippen molar-refractivity contribution in [3.05, 3.63) is 36.4 Å². The Morgan fingerprint density at radius 1 is 0.913 bits per heavy atom. The van der Waals surface area contributed by atoms with E-state index in [1.54, 1.807) is 30.3 Å². The van der Waals surface area contributed by atoms with Crippen LogP contribution in [0.15, 0.2) is 36.4 Å². The summed E-state index contributed by atoms with van der Waals surface area (Å²) in [5.41, 5.74) is 0.558. The van der Waals surface area contributed by atoms with Gasteiger partial charge in [0.15, 0.2) is 0 Å². The van der Waals surface area contributed by atoms with Crippen LogP contribution < -0.4 is 4.90 Å². The molecule has 3 fully saturated rings. The topological polar surface area (TPSA) is 66.8 Å². The standard InChI is InChI=1S/C18H15NO4/c20-12-6-2-3-9-10(12)4-1-5-11(9)19-17(21)15-13-7-8-14(23-13)16(15)18(19)22/h1-6,13-16,20H,7-8H2/t13-,14+,15-,16+. The molecule has 2 amide bonds. The smallest absolute Gasteiger partial charge is 0.240 e. The van der Waals surface area contributed by atoms with Crippen LogP contribution in [0.5, 0.6) is 5.75 Å². The fraction of sp³-hybridized carbons (Fsp3) is 0.333. The van der Waals surface area contributed by atoms with Crippen LogP contribution in [0.4, 0.5) is 5.69 Å². The molecular formula is C18H15NO4. The summed E-state index contributed by atoms with van der Waals surface area (Å²) in [5.74, 6) is -0.860. The van der Waals surface area contributed by atoms with Crippen molar-refractivity contribution in [2.45, 2.75) is 25.0 Å². The van der Waals surface area contributed by atoms with Gasteiger partial charge in [0.1, 0.15) is 5.75 Å². The van der Waals surface area contributed by atoms with Gasteiger partial charge in [0.25, 0.3) is 0 Å². The zero-order valence-electron chi connectivity index (χ0n) is 12.3. The number of nitrogens with zero attached hydrogens (tertiary/aromatic N) is 1. The van der Waals surface area contributed by atoms with Crippen molar-refractivity contribution >= 4 is 28.3 Å². The Morgan fingerprint density at radius 2 is 1.52 bits per heavy atom. The molecule has 0 spiro atoms. The third-order valence-electron chi connectivity index (χ3n) is 5.40. The lowest BCUT2D eigenvalue weighted by Gasteiger charge is -2.19. The molecule has 5 nitrogen and oxygen atoms in total. The number of carbonyl (C=O) groups is 2. The van der Waals surface area contributed by atoms with E-state index in [1.165, 1.54) is 4.90 Å². The first-order valence-corrected chi connectivity index (χ1v) is 7.91. The number of rotatable bonds is 1. The van der Waals surface area contributed by atoms with E-state index in [2.05, 4.69) is 0 Å². The highest BCUT2D eigenvalue weighted by atomic mass is 16.5. The molecule has 3 aliphatic rings. The van der Waals surface area contributed by atoms with E-state index in [-0.39, 0.29) is 41.6 Å². The predicted octanol–water partition coefficient (Wildman–Crippen LogP) is 2.21. The van der Waals surface area contributed by atoms with Gasteiger partial charge < -0.3 is 9.84 Å². The van der Waals surface area contributed by atoms with E-state index in [9.17, 15) is 14.7 Å². The molecule has 0 aromatic heterocycles. The molecule has 1 N–H and O–H groups in total. The average molecular weight is 309 g/mol. The summed E-state index contributed by atoms with van der Waals surface area (Å²) in [4.78, 5) is 27.1. The second-order valence-electron chi connectivity index (χ2n) is 6.50. The highest BCUT2D eigenvalue weighted by Crippen LogP contribution is 2.50. The summed E-state index contributed by atoms with van der Waals surface area (Å²) in [6, 6.07) is 10.5. The second kappa shape index (κ2) is 4.32. The first-order chi connectivity index (χ1) is 11.2. The zero-order chi connectivity index (χ0) is 15.7. The zero-order valence-corrected chi connectivity index (χ0v) is 12.3. The molecule has 23 heavy (non-hydrogen) atoms. The number of aromatic hydroxyl groups is 1. The van der Waals surface area contributed by atoms with Crippen molar-refractivity contribution in [2.24, 2.45) is 11.8 Å². The average Bonchev–Trinajstić information content (AvgIpc) is 3.22. The number of hydrogen-bond donors (Lipinski definition) is 1. The van der Waals surface area contributed by atoms with Crippen LogP contribution in [-0.4, -0.2) is 29.1 Å². The number of phenols is 1. The number of fused-ring (bicyclic) bond motifs is 6. The molecule has 0 saturated carbocycles. The fourth-order valence-corrected chi connectivity index (χ4v) is 4.42. The molecule has 2 aromatic rings. The molecule has 116 valence electrons. The molecule has 5 rings (SSSR count). The Bertz CT molecular complexity index is 833. The molecule has 5 heteroatoms. The SMILES string of the molecule is O=C1[C@@H]2[C@H](C(=O)N1c1cccc3c(O)cccc13)[C@H]1CC[C@@H]2O1. The molecule has 0 radical (unpaired) electrons. The summed E-state index contributed by atoms with van der Waals surface area (Å²) in [6.07, 6.45) is 1.48. The van der Waals surface area contributed by atoms with Crippen molar-refractivity contribution in [1.29, 1.82) is 0 Å². The van der Waals surface area contributed by atoms with E-state index >= 15 is 0 Å². The lowest BCUT2D eigenvalue weighted by Crippen LogP contribution is -2.34. The number of imide groups is 1. The monoisotopic (exact) mass is 309 g/mol. The molecule has 3 aliphatic heterocycles. The Hall–Kier alpha value is -2.40. The highest BCUT2D eigenvalue weighted by Gasteiger charge is 2.62. The van der Waals surface area contributed by atoms with E-state index in [0.717, 1.165) is 12.8 Å². The van der Waals surface area contributed by atoms with Gasteiger partial charge in [-0.05, 0) is 25.0 Å². The molecular weight excluding hydrogens is 294 g/mol. The number of anilines is 1. The number of ether oxygens (including phenoxy) is 1. The second-order valence-corrected chi connectivity index (χ2v) is 6.50. The predicted molar refractivity (Wildman–Crippen MR) is 83.0 cm³/mol. The maximum absolute atomic E-state index is 12.9. The Labute approximate surface area is 132 Å². The number of benzene rings is 2. The number of phenolic OH excluding ortho intramolecular Hbond substituents is 1. The van der Waals surface area contributed by atoms with E-state index in [1.807, 2.05) is 6.07 Å². The highest BCUT2D eigenvalue weighted by molar-refractivity contribution is 6.25. The van der Waals surface area contributed by atoms with Crippen LogP contribution in [0.3, 0.4) is 0 Å². The normalized spacial score (nSPS) is 32.1. The molecule has 3 saturated heterocycles. The minimum absolute atomic E-state index is 0.116. The van der Waals surface area contributed by atoms with E-state index in [0.29, 0.717) is 16.5 Å². The van der Waals surface area contributed by atoms with Crippen LogP contribution >= 0.6 is 0 Å². The van der Waals surface area contributed by atoms with Crippen molar-refractivity contribution in [2.75, 3.05) is 4.90 Å². The van der Waals surface area contributed by atoms with Gasteiger partial charge >= 0.3 is 0 Å². The lowest BCUT2D eigenvalue weighted by atomic mass is 9.81. The molecule has 0 aliphatic carbocycles. The Balaban J connectivity index is 1.67. The number of carbonyl (C=O) groups excluding carboxylic acids is 2. The van der Waals surface area contributed by atoms with Crippen LogP contribution in [-0.2, 0) is 14.3 Å². The third kappa shape index (κ3) is 1.55. The lowest BCUT2D eigenvalue weighted by molar-refractivity contribution is -0.124. The summed E-state index contributed by atoms with van der Waals surface area (Å²) < 4.78 is 5.76. The van der Waals surface area contributed by atoms with Gasteiger partial charge in [-0.1, -0.05) is 24.3 Å². The van der Waals surface area contributed by atoms with Crippen molar-refractivity contribution < 1.29 is 19.4 Å². The van der Waals surface area contributed by atoms with E-state index in [4.69, 9.17) is 4.74 Å². The third-order valence-corrected chi connectivity index (χ3v) is 5.40. The largest absolute Gasteiger partial charge is 0.507 e. The van der Waals surface area contributed by atoms with Crippen molar-refractivity contribution in [1.82, 2.24) is 0 Å². The van der Waals surface area contributed by atoms with E-state index < -0.39 is 0 Å². The summed E-state index contributed by atoms with van der Waals surface area (Å²) in [5, 5.41) is 11.4. The first-order valence-electron chi connectivity index (χ1n) is 7.91. The van der Waals surface area contributed by atoms with Gasteiger partial charge in [-0.3, -0.25) is 9.59 Å². The van der Waals surface area contributed by atoms with Crippen LogP contribution in [0, 0.1) is 11.8 Å². The minimum Gasteiger partial charge on any atom is -0.507 e. The van der Waals surface area contributed by atoms with Crippen molar-refractivity contribution in [3.8, 4) is 5.75 Å². The van der Waals surface area contributed by atoms with Gasteiger partial charge in [0, 0.05) is 10.8 Å². The fourth-order valence-electron chi connectivity index (χ4n) is 4.42. The molecule has 2 bridgehead atoms. The van der Waals surface area contributed by atoms with Gasteiger partial charge in [-0.2, -0.15) is 0 Å². The maximum atomic E-state index is 12.9. The number of amides is 2. The summed E-state index contributed by atoms with van der Waals surface area (Å²) in [7, 11) is 0. The molecule has 3 heterocycles. The van der Waals surface area contributed by atoms with Crippen molar-refractivity contribution in [3.63, 3.8) is 0 Å². The quantitative estimate of drug-likeness (QED) is 0.820. The molecule has 4 atom stereocenters. The summed E-state index contributed by atoms with van der Waals surface area (Å²) >= 11 is 0. The van der Waals surface area contributed by atoms with Gasteiger partial charge in [0.2, 0.25) is 11.8 Å². The number of hydrogen-bond acceptors (Lipinski definition) is 4. The minimum atomic E-state index is -0.339. The van der Waals surface area contributed by atoms with Gasteiger partial charge in [0.05, 0.1) is 29.7 Å². The Kier molecular flexibility index (Phi) is 2.46. The van der Waals surface area contributed by atoms with Crippen LogP contribution in [0.2, 0.25) is 0 Å². The molecule has 0 unspecified atom stereocenters. The Morgan fingerprint density at radius 3 is 2.22 bits per heavy atom. The first kappa shape index (κ1) is 13.1. The molecule has 2 aromatic carbocycles. The summed E-state index contributed by atoms with van der Waals surface area (Å²) in [6.45, 7) is 0. The van der Waals surface area contributed by atoms with Crippen LogP contribution in [0.1, 0.15) is 12.8 Å². The van der Waals surface area contributed by atoms with Gasteiger partial charge in [-0.15, -0.1) is 0 Å².